The second kappa shape index (κ2) is 7.22. The number of amides is 1. The molecule has 0 radical (unpaired) electrons. The molecule has 4 nitrogen and oxygen atoms in total. The van der Waals surface area contributed by atoms with Gasteiger partial charge in [-0.25, -0.2) is 0 Å². The summed E-state index contributed by atoms with van der Waals surface area (Å²) in [6.07, 6.45) is 0.951. The van der Waals surface area contributed by atoms with Gasteiger partial charge in [0.1, 0.15) is 0 Å². The lowest BCUT2D eigenvalue weighted by Gasteiger charge is -2.40. The average molecular weight is 349 g/mol. The molecule has 2 aliphatic rings. The van der Waals surface area contributed by atoms with Crippen LogP contribution in [0.3, 0.4) is 0 Å². The van der Waals surface area contributed by atoms with Crippen LogP contribution in [-0.2, 0) is 11.2 Å². The van der Waals surface area contributed by atoms with Gasteiger partial charge in [0.15, 0.2) is 0 Å². The monoisotopic (exact) mass is 349 g/mol. The van der Waals surface area contributed by atoms with E-state index in [4.69, 9.17) is 0 Å². The van der Waals surface area contributed by atoms with Gasteiger partial charge in [0, 0.05) is 37.4 Å². The summed E-state index contributed by atoms with van der Waals surface area (Å²) in [5.41, 5.74) is 3.67. The van der Waals surface area contributed by atoms with Gasteiger partial charge in [0.25, 0.3) is 0 Å². The molecule has 2 aliphatic heterocycles. The summed E-state index contributed by atoms with van der Waals surface area (Å²) in [5, 5.41) is 0. The quantitative estimate of drug-likeness (QED) is 0.852. The fraction of sp³-hybridized carbons (Fsp3) is 0.409. The van der Waals surface area contributed by atoms with Crippen molar-refractivity contribution >= 4 is 11.6 Å². The Kier molecular flexibility index (Phi) is 4.79. The molecule has 0 bridgehead atoms. The van der Waals surface area contributed by atoms with Gasteiger partial charge in [-0.05, 0) is 37.6 Å². The van der Waals surface area contributed by atoms with Gasteiger partial charge in [0.05, 0.1) is 6.54 Å². The van der Waals surface area contributed by atoms with Crippen LogP contribution in [0.15, 0.2) is 54.6 Å². The second-order valence-electron chi connectivity index (χ2n) is 7.60. The van der Waals surface area contributed by atoms with Crippen LogP contribution in [0, 0.1) is 0 Å². The first-order valence-electron chi connectivity index (χ1n) is 9.51. The van der Waals surface area contributed by atoms with Crippen molar-refractivity contribution in [3.8, 4) is 0 Å². The highest BCUT2D eigenvalue weighted by Gasteiger charge is 2.34. The molecule has 0 spiro atoms. The van der Waals surface area contributed by atoms with Crippen molar-refractivity contribution in [2.45, 2.75) is 25.4 Å². The predicted molar refractivity (Wildman–Crippen MR) is 105 cm³/mol. The van der Waals surface area contributed by atoms with E-state index in [9.17, 15) is 4.79 Å². The van der Waals surface area contributed by atoms with E-state index in [1.165, 1.54) is 11.1 Å². The maximum absolute atomic E-state index is 13.2. The Balaban J connectivity index is 1.54. The smallest absolute Gasteiger partial charge is 0.241 e. The third-order valence-corrected chi connectivity index (χ3v) is 5.69. The van der Waals surface area contributed by atoms with Crippen LogP contribution in [0.2, 0.25) is 0 Å². The number of piperazine rings is 1. The minimum atomic E-state index is 0.216. The molecule has 4 heteroatoms. The Hall–Kier alpha value is -2.17. The van der Waals surface area contributed by atoms with Crippen LogP contribution < -0.4 is 4.90 Å². The highest BCUT2D eigenvalue weighted by molar-refractivity contribution is 5.97. The Labute approximate surface area is 156 Å². The normalized spacial score (nSPS) is 23.8. The largest absolute Gasteiger partial charge is 0.308 e. The summed E-state index contributed by atoms with van der Waals surface area (Å²) in [4.78, 5) is 19.9. The summed E-state index contributed by atoms with van der Waals surface area (Å²) < 4.78 is 0. The molecule has 0 N–H and O–H groups in total. The van der Waals surface area contributed by atoms with Gasteiger partial charge in [-0.1, -0.05) is 48.5 Å². The van der Waals surface area contributed by atoms with Crippen molar-refractivity contribution in [2.24, 2.45) is 0 Å². The van der Waals surface area contributed by atoms with Crippen LogP contribution in [0.4, 0.5) is 5.69 Å². The molecule has 2 aromatic rings. The topological polar surface area (TPSA) is 26.8 Å². The van der Waals surface area contributed by atoms with Gasteiger partial charge in [-0.15, -0.1) is 0 Å². The van der Waals surface area contributed by atoms with Crippen molar-refractivity contribution in [1.29, 1.82) is 0 Å². The fourth-order valence-corrected chi connectivity index (χ4v) is 4.33. The zero-order chi connectivity index (χ0) is 18.1. The Bertz CT molecular complexity index is 776. The lowest BCUT2D eigenvalue weighted by molar-refractivity contribution is -0.121. The first kappa shape index (κ1) is 17.3. The van der Waals surface area contributed by atoms with Gasteiger partial charge in [-0.2, -0.15) is 0 Å². The molecule has 1 amide bonds. The summed E-state index contributed by atoms with van der Waals surface area (Å²) >= 11 is 0. The van der Waals surface area contributed by atoms with Gasteiger partial charge in [0.2, 0.25) is 5.91 Å². The zero-order valence-electron chi connectivity index (χ0n) is 15.6. The molecule has 4 rings (SSSR count). The van der Waals surface area contributed by atoms with Gasteiger partial charge < -0.3 is 9.80 Å². The molecule has 136 valence electrons. The third-order valence-electron chi connectivity index (χ3n) is 5.69. The third kappa shape index (κ3) is 3.27. The zero-order valence-corrected chi connectivity index (χ0v) is 15.6. The number of carbonyl (C=O) groups is 1. The van der Waals surface area contributed by atoms with E-state index in [0.717, 1.165) is 31.7 Å². The number of hydrogen-bond donors (Lipinski definition) is 0. The molecule has 0 saturated carbocycles. The molecule has 2 unspecified atom stereocenters. The molecule has 1 saturated heterocycles. The number of anilines is 1. The molecule has 2 atom stereocenters. The lowest BCUT2D eigenvalue weighted by Crippen LogP contribution is -2.51. The van der Waals surface area contributed by atoms with Crippen LogP contribution in [0.5, 0.6) is 0 Å². The van der Waals surface area contributed by atoms with E-state index < -0.39 is 0 Å². The van der Waals surface area contributed by atoms with E-state index >= 15 is 0 Å². The number of nitrogens with zero attached hydrogens (tertiary/aromatic N) is 3. The first-order chi connectivity index (χ1) is 12.6. The van der Waals surface area contributed by atoms with Gasteiger partial charge >= 0.3 is 0 Å². The fourth-order valence-electron chi connectivity index (χ4n) is 4.33. The minimum absolute atomic E-state index is 0.216. The summed E-state index contributed by atoms with van der Waals surface area (Å²) in [6.45, 7) is 5.51. The maximum atomic E-state index is 13.2. The van der Waals surface area contributed by atoms with Crippen molar-refractivity contribution in [3.63, 3.8) is 0 Å². The second-order valence-corrected chi connectivity index (χ2v) is 7.60. The highest BCUT2D eigenvalue weighted by atomic mass is 16.2. The van der Waals surface area contributed by atoms with Crippen LogP contribution in [0.1, 0.15) is 24.1 Å². The van der Waals surface area contributed by atoms with Crippen LogP contribution >= 0.6 is 0 Å². The average Bonchev–Trinajstić information content (AvgIpc) is 2.99. The summed E-state index contributed by atoms with van der Waals surface area (Å²) in [5.74, 6) is 0.216. The molecule has 0 aliphatic carbocycles. The SMILES string of the molecule is CC1Cc2ccccc2N1C(=O)CN1CCN(C)CC1c1ccccc1. The predicted octanol–water partition coefficient (Wildman–Crippen LogP) is 2.95. The number of fused-ring (bicyclic) bond motifs is 1. The van der Waals surface area contributed by atoms with E-state index in [0.29, 0.717) is 6.54 Å². The maximum Gasteiger partial charge on any atom is 0.241 e. The van der Waals surface area contributed by atoms with Gasteiger partial charge in [-0.3, -0.25) is 9.69 Å². The number of rotatable bonds is 3. The standard InChI is InChI=1S/C22H27N3O/c1-17-14-19-10-6-7-11-20(19)25(17)22(26)16-24-13-12-23(2)15-21(24)18-8-4-3-5-9-18/h3-11,17,21H,12-16H2,1-2H3. The summed E-state index contributed by atoms with van der Waals surface area (Å²) in [7, 11) is 2.16. The number of para-hydroxylation sites is 1. The van der Waals surface area contributed by atoms with Crippen molar-refractivity contribution in [1.82, 2.24) is 9.80 Å². The Morgan fingerprint density at radius 2 is 1.77 bits per heavy atom. The van der Waals surface area contributed by atoms with Crippen molar-refractivity contribution in [2.75, 3.05) is 38.1 Å². The Morgan fingerprint density at radius 3 is 2.58 bits per heavy atom. The Morgan fingerprint density at radius 1 is 1.04 bits per heavy atom. The molecular formula is C22H27N3O. The lowest BCUT2D eigenvalue weighted by atomic mass is 10.0. The molecule has 2 heterocycles. The van der Waals surface area contributed by atoms with E-state index in [2.05, 4.69) is 66.2 Å². The van der Waals surface area contributed by atoms with E-state index in [1.54, 1.807) is 0 Å². The van der Waals surface area contributed by atoms with Crippen LogP contribution in [0.25, 0.3) is 0 Å². The highest BCUT2D eigenvalue weighted by Crippen LogP contribution is 2.32. The number of carbonyl (C=O) groups excluding carboxylic acids is 1. The van der Waals surface area contributed by atoms with Crippen LogP contribution in [-0.4, -0.2) is 55.0 Å². The van der Waals surface area contributed by atoms with Crippen molar-refractivity contribution < 1.29 is 4.79 Å². The minimum Gasteiger partial charge on any atom is -0.308 e. The molecule has 0 aromatic heterocycles. The molecule has 1 fully saturated rings. The number of hydrogen-bond acceptors (Lipinski definition) is 3. The molecule has 2 aromatic carbocycles. The molecular weight excluding hydrogens is 322 g/mol. The number of likely N-dealkylation sites (N-methyl/N-ethyl adjacent to an activating group) is 1. The van der Waals surface area contributed by atoms with E-state index in [-0.39, 0.29) is 18.0 Å². The molecule has 26 heavy (non-hydrogen) atoms. The van der Waals surface area contributed by atoms with E-state index in [1.807, 2.05) is 17.0 Å². The number of benzene rings is 2. The summed E-state index contributed by atoms with van der Waals surface area (Å²) in [6, 6.07) is 19.4. The van der Waals surface area contributed by atoms with Crippen molar-refractivity contribution in [3.05, 3.63) is 65.7 Å². The first-order valence-corrected chi connectivity index (χ1v) is 9.51.